The number of rotatable bonds is 3. The molecule has 12 heavy (non-hydrogen) atoms. The highest BCUT2D eigenvalue weighted by Gasteiger charge is 2.40. The van der Waals surface area contributed by atoms with Gasteiger partial charge in [0.15, 0.2) is 0 Å². The van der Waals surface area contributed by atoms with Crippen molar-refractivity contribution in [3.63, 3.8) is 0 Å². The Balaban J connectivity index is 2.28. The third-order valence-electron chi connectivity index (χ3n) is 1.95. The maximum atomic E-state index is 11.3. The van der Waals surface area contributed by atoms with E-state index in [4.69, 9.17) is 9.84 Å². The molecule has 2 N–H and O–H groups in total. The topological polar surface area (TPSA) is 58.6 Å². The van der Waals surface area contributed by atoms with Crippen LogP contribution in [0.2, 0.25) is 0 Å². The Morgan fingerprint density at radius 2 is 2.33 bits per heavy atom. The molecule has 0 bridgehead atoms. The molecule has 1 aliphatic heterocycles. The lowest BCUT2D eigenvalue weighted by molar-refractivity contribution is -0.158. The third-order valence-corrected chi connectivity index (χ3v) is 1.95. The molecule has 1 rings (SSSR count). The summed E-state index contributed by atoms with van der Waals surface area (Å²) in [6.07, 6.45) is -0.487. The summed E-state index contributed by atoms with van der Waals surface area (Å²) in [7, 11) is 0. The van der Waals surface area contributed by atoms with E-state index < -0.39 is 6.10 Å². The molecule has 0 unspecified atom stereocenters. The number of amides is 1. The van der Waals surface area contributed by atoms with E-state index in [0.29, 0.717) is 19.8 Å². The molecular formula is C8H15NO3. The van der Waals surface area contributed by atoms with Gasteiger partial charge in [-0.1, -0.05) is 0 Å². The normalized spacial score (nSPS) is 22.6. The summed E-state index contributed by atoms with van der Waals surface area (Å²) in [6, 6.07) is 0. The van der Waals surface area contributed by atoms with E-state index in [1.54, 1.807) is 6.92 Å². The van der Waals surface area contributed by atoms with Crippen LogP contribution in [0.4, 0.5) is 0 Å². The van der Waals surface area contributed by atoms with Gasteiger partial charge in [-0.05, 0) is 13.8 Å². The number of aliphatic hydroxyl groups is 1. The maximum absolute atomic E-state index is 11.3. The molecule has 0 aromatic carbocycles. The van der Waals surface area contributed by atoms with Crippen LogP contribution in [0.5, 0.6) is 0 Å². The Labute approximate surface area is 71.9 Å². The van der Waals surface area contributed by atoms with Gasteiger partial charge < -0.3 is 15.2 Å². The zero-order chi connectivity index (χ0) is 9.19. The SMILES string of the molecule is C[C@H](O)CNC(=O)C1(C)COC1. The van der Waals surface area contributed by atoms with Crippen molar-refractivity contribution in [1.82, 2.24) is 5.32 Å². The van der Waals surface area contributed by atoms with Crippen molar-refractivity contribution >= 4 is 5.91 Å². The molecule has 1 fully saturated rings. The minimum atomic E-state index is -0.487. The summed E-state index contributed by atoms with van der Waals surface area (Å²) >= 11 is 0. The van der Waals surface area contributed by atoms with Crippen LogP contribution in [0.3, 0.4) is 0 Å². The molecule has 1 amide bonds. The number of nitrogens with one attached hydrogen (secondary N) is 1. The van der Waals surface area contributed by atoms with E-state index in [2.05, 4.69) is 5.32 Å². The predicted molar refractivity (Wildman–Crippen MR) is 43.6 cm³/mol. The summed E-state index contributed by atoms with van der Waals surface area (Å²) in [5, 5.41) is 11.6. The third kappa shape index (κ3) is 1.95. The second-order valence-corrected chi connectivity index (χ2v) is 3.61. The van der Waals surface area contributed by atoms with Gasteiger partial charge >= 0.3 is 0 Å². The van der Waals surface area contributed by atoms with E-state index in [1.165, 1.54) is 0 Å². The van der Waals surface area contributed by atoms with E-state index in [9.17, 15) is 4.79 Å². The van der Waals surface area contributed by atoms with Crippen molar-refractivity contribution in [2.45, 2.75) is 20.0 Å². The van der Waals surface area contributed by atoms with Gasteiger partial charge in [0, 0.05) is 6.54 Å². The van der Waals surface area contributed by atoms with Gasteiger partial charge in [0.05, 0.1) is 24.7 Å². The van der Waals surface area contributed by atoms with Crippen molar-refractivity contribution in [2.24, 2.45) is 5.41 Å². The Morgan fingerprint density at radius 3 is 2.67 bits per heavy atom. The number of carbonyl (C=O) groups is 1. The first-order valence-corrected chi connectivity index (χ1v) is 4.09. The standard InChI is InChI=1S/C8H15NO3/c1-6(10)3-9-7(11)8(2)4-12-5-8/h6,10H,3-5H2,1-2H3,(H,9,11)/t6-/m0/s1. The highest BCUT2D eigenvalue weighted by molar-refractivity contribution is 5.83. The molecule has 4 nitrogen and oxygen atoms in total. The molecule has 0 aromatic heterocycles. The Morgan fingerprint density at radius 1 is 1.75 bits per heavy atom. The largest absolute Gasteiger partial charge is 0.392 e. The minimum Gasteiger partial charge on any atom is -0.392 e. The lowest BCUT2D eigenvalue weighted by atomic mass is 9.87. The number of ether oxygens (including phenoxy) is 1. The van der Waals surface area contributed by atoms with Gasteiger partial charge in [-0.25, -0.2) is 0 Å². The summed E-state index contributed by atoms with van der Waals surface area (Å²) in [5.41, 5.74) is -0.366. The average Bonchev–Trinajstić information content (AvgIpc) is 1.95. The first kappa shape index (κ1) is 9.48. The summed E-state index contributed by atoms with van der Waals surface area (Å²) in [5.74, 6) is -0.0327. The van der Waals surface area contributed by atoms with Crippen molar-refractivity contribution in [1.29, 1.82) is 0 Å². The molecule has 1 saturated heterocycles. The fourth-order valence-electron chi connectivity index (χ4n) is 0.993. The average molecular weight is 173 g/mol. The maximum Gasteiger partial charge on any atom is 0.230 e. The smallest absolute Gasteiger partial charge is 0.230 e. The van der Waals surface area contributed by atoms with E-state index in [1.807, 2.05) is 6.92 Å². The molecule has 70 valence electrons. The van der Waals surface area contributed by atoms with Crippen LogP contribution in [0.15, 0.2) is 0 Å². The summed E-state index contributed by atoms with van der Waals surface area (Å²) < 4.78 is 4.94. The molecule has 1 aliphatic rings. The van der Waals surface area contributed by atoms with Gasteiger partial charge in [0.1, 0.15) is 0 Å². The van der Waals surface area contributed by atoms with E-state index in [0.717, 1.165) is 0 Å². The number of hydrogen-bond donors (Lipinski definition) is 2. The Kier molecular flexibility index (Phi) is 2.69. The molecule has 1 heterocycles. The van der Waals surface area contributed by atoms with Crippen LogP contribution < -0.4 is 5.32 Å². The second-order valence-electron chi connectivity index (χ2n) is 3.61. The molecule has 4 heteroatoms. The van der Waals surface area contributed by atoms with Gasteiger partial charge in [-0.2, -0.15) is 0 Å². The Hall–Kier alpha value is -0.610. The molecule has 0 aliphatic carbocycles. The molecule has 1 atom stereocenters. The van der Waals surface area contributed by atoms with Crippen LogP contribution in [-0.2, 0) is 9.53 Å². The lowest BCUT2D eigenvalue weighted by Gasteiger charge is -2.36. The Bertz CT molecular complexity index is 175. The van der Waals surface area contributed by atoms with Gasteiger partial charge in [-0.3, -0.25) is 4.79 Å². The monoisotopic (exact) mass is 173 g/mol. The second kappa shape index (κ2) is 3.41. The predicted octanol–water partition coefficient (Wildman–Crippen LogP) is -0.480. The lowest BCUT2D eigenvalue weighted by Crippen LogP contribution is -2.52. The number of carbonyl (C=O) groups excluding carboxylic acids is 1. The summed E-state index contributed by atoms with van der Waals surface area (Å²) in [4.78, 5) is 11.3. The van der Waals surface area contributed by atoms with Gasteiger partial charge in [0.25, 0.3) is 0 Å². The van der Waals surface area contributed by atoms with E-state index >= 15 is 0 Å². The molecule has 0 saturated carbocycles. The van der Waals surface area contributed by atoms with Crippen molar-refractivity contribution in [3.8, 4) is 0 Å². The molecule has 0 aromatic rings. The molecule has 0 radical (unpaired) electrons. The van der Waals surface area contributed by atoms with E-state index in [-0.39, 0.29) is 11.3 Å². The van der Waals surface area contributed by atoms with Crippen LogP contribution in [0.1, 0.15) is 13.8 Å². The molecular weight excluding hydrogens is 158 g/mol. The fraction of sp³-hybridized carbons (Fsp3) is 0.875. The van der Waals surface area contributed by atoms with Crippen molar-refractivity contribution in [3.05, 3.63) is 0 Å². The van der Waals surface area contributed by atoms with Crippen molar-refractivity contribution < 1.29 is 14.6 Å². The minimum absolute atomic E-state index is 0.0327. The zero-order valence-corrected chi connectivity index (χ0v) is 7.46. The number of hydrogen-bond acceptors (Lipinski definition) is 3. The first-order valence-electron chi connectivity index (χ1n) is 4.09. The zero-order valence-electron chi connectivity index (χ0n) is 7.46. The highest BCUT2D eigenvalue weighted by Crippen LogP contribution is 2.26. The van der Waals surface area contributed by atoms with Gasteiger partial charge in [0.2, 0.25) is 5.91 Å². The van der Waals surface area contributed by atoms with Crippen LogP contribution in [0, 0.1) is 5.41 Å². The summed E-state index contributed by atoms with van der Waals surface area (Å²) in [6.45, 7) is 4.78. The number of aliphatic hydroxyl groups excluding tert-OH is 1. The van der Waals surface area contributed by atoms with Gasteiger partial charge in [-0.15, -0.1) is 0 Å². The van der Waals surface area contributed by atoms with Crippen LogP contribution in [0.25, 0.3) is 0 Å². The highest BCUT2D eigenvalue weighted by atomic mass is 16.5. The molecule has 0 spiro atoms. The van der Waals surface area contributed by atoms with Crippen LogP contribution >= 0.6 is 0 Å². The quantitative estimate of drug-likeness (QED) is 0.606. The first-order chi connectivity index (χ1) is 5.54. The van der Waals surface area contributed by atoms with Crippen LogP contribution in [-0.4, -0.2) is 36.9 Å². The fourth-order valence-corrected chi connectivity index (χ4v) is 0.993. The van der Waals surface area contributed by atoms with Crippen molar-refractivity contribution in [2.75, 3.05) is 19.8 Å².